The lowest BCUT2D eigenvalue weighted by molar-refractivity contribution is 0.463. The molecule has 0 amide bonds. The van der Waals surface area contributed by atoms with Crippen LogP contribution in [0, 0.1) is 0 Å². The van der Waals surface area contributed by atoms with E-state index in [0.717, 1.165) is 36.1 Å². The number of para-hydroxylation sites is 2. The van der Waals surface area contributed by atoms with Crippen molar-refractivity contribution in [3.8, 4) is 5.75 Å². The molecule has 0 heterocycles. The van der Waals surface area contributed by atoms with Crippen molar-refractivity contribution in [2.24, 2.45) is 0 Å². The van der Waals surface area contributed by atoms with Gasteiger partial charge in [-0.2, -0.15) is 0 Å². The van der Waals surface area contributed by atoms with Gasteiger partial charge in [0.15, 0.2) is 0 Å². The van der Waals surface area contributed by atoms with Crippen LogP contribution in [0.3, 0.4) is 0 Å². The number of halogens is 1. The molecule has 0 saturated carbocycles. The van der Waals surface area contributed by atoms with Crippen LogP contribution in [0.2, 0.25) is 0 Å². The molecule has 0 spiro atoms. The summed E-state index contributed by atoms with van der Waals surface area (Å²) in [7, 11) is 0. The van der Waals surface area contributed by atoms with E-state index in [1.807, 2.05) is 18.2 Å². The molecule has 0 atom stereocenters. The Hall–Kier alpha value is -1.52. The Labute approximate surface area is 147 Å². The van der Waals surface area contributed by atoms with Crippen molar-refractivity contribution in [1.82, 2.24) is 5.32 Å². The monoisotopic (exact) mass is 376 g/mol. The second-order valence-electron chi connectivity index (χ2n) is 5.92. The van der Waals surface area contributed by atoms with Gasteiger partial charge in [-0.3, -0.25) is 0 Å². The largest absolute Gasteiger partial charge is 0.506 e. The lowest BCUT2D eigenvalue weighted by Crippen LogP contribution is -2.24. The van der Waals surface area contributed by atoms with Crippen LogP contribution in [0.25, 0.3) is 0 Å². The standard InChI is InChI=1S/C19H25BrN2O/c1-14(2)16-7-3-4-9-18(16)22-13-12-21-11-10-15-6-5-8-17(20)19(15)23/h3-9,14,21-23H,10-13H2,1-2H3. The molecule has 3 N–H and O–H groups in total. The average molecular weight is 377 g/mol. The summed E-state index contributed by atoms with van der Waals surface area (Å²) in [5.74, 6) is 0.865. The molecule has 2 aromatic carbocycles. The van der Waals surface area contributed by atoms with Crippen LogP contribution >= 0.6 is 15.9 Å². The van der Waals surface area contributed by atoms with Crippen molar-refractivity contribution in [2.45, 2.75) is 26.2 Å². The molecule has 124 valence electrons. The van der Waals surface area contributed by atoms with Crippen LogP contribution in [0.15, 0.2) is 46.9 Å². The molecular formula is C19H25BrN2O. The van der Waals surface area contributed by atoms with E-state index in [1.54, 1.807) is 0 Å². The van der Waals surface area contributed by atoms with E-state index in [-0.39, 0.29) is 0 Å². The second kappa shape index (κ2) is 8.94. The molecule has 23 heavy (non-hydrogen) atoms. The molecular weight excluding hydrogens is 352 g/mol. The Kier molecular flexibility index (Phi) is 6.93. The first-order chi connectivity index (χ1) is 11.1. The zero-order valence-corrected chi connectivity index (χ0v) is 15.4. The van der Waals surface area contributed by atoms with Crippen LogP contribution < -0.4 is 10.6 Å². The summed E-state index contributed by atoms with van der Waals surface area (Å²) in [6, 6.07) is 14.2. The molecule has 0 aromatic heterocycles. The maximum Gasteiger partial charge on any atom is 0.132 e. The van der Waals surface area contributed by atoms with E-state index < -0.39 is 0 Å². The van der Waals surface area contributed by atoms with E-state index in [1.165, 1.54) is 11.3 Å². The van der Waals surface area contributed by atoms with Gasteiger partial charge in [-0.05, 0) is 58.1 Å². The highest BCUT2D eigenvalue weighted by atomic mass is 79.9. The highest BCUT2D eigenvalue weighted by molar-refractivity contribution is 9.10. The highest BCUT2D eigenvalue weighted by Gasteiger charge is 2.05. The lowest BCUT2D eigenvalue weighted by atomic mass is 10.0. The van der Waals surface area contributed by atoms with Gasteiger partial charge in [-0.25, -0.2) is 0 Å². The van der Waals surface area contributed by atoms with Crippen molar-refractivity contribution in [3.05, 3.63) is 58.1 Å². The smallest absolute Gasteiger partial charge is 0.132 e. The summed E-state index contributed by atoms with van der Waals surface area (Å²) in [6.07, 6.45) is 0.813. The molecule has 4 heteroatoms. The Bertz CT molecular complexity index is 629. The highest BCUT2D eigenvalue weighted by Crippen LogP contribution is 2.27. The normalized spacial score (nSPS) is 11.0. The van der Waals surface area contributed by atoms with Crippen LogP contribution in [0.4, 0.5) is 5.69 Å². The third kappa shape index (κ3) is 5.26. The fourth-order valence-electron chi connectivity index (χ4n) is 2.56. The number of anilines is 1. The van der Waals surface area contributed by atoms with Gasteiger partial charge in [0.25, 0.3) is 0 Å². The lowest BCUT2D eigenvalue weighted by Gasteiger charge is -2.14. The maximum atomic E-state index is 9.94. The van der Waals surface area contributed by atoms with E-state index in [4.69, 9.17) is 0 Å². The third-order valence-electron chi connectivity index (χ3n) is 3.84. The van der Waals surface area contributed by atoms with Crippen LogP contribution in [-0.2, 0) is 6.42 Å². The number of benzene rings is 2. The zero-order valence-electron chi connectivity index (χ0n) is 13.8. The SMILES string of the molecule is CC(C)c1ccccc1NCCNCCc1cccc(Br)c1O. The predicted octanol–water partition coefficient (Wildman–Crippen LogP) is 4.52. The maximum absolute atomic E-state index is 9.94. The van der Waals surface area contributed by atoms with Gasteiger partial charge >= 0.3 is 0 Å². The van der Waals surface area contributed by atoms with Crippen molar-refractivity contribution in [2.75, 3.05) is 25.0 Å². The quantitative estimate of drug-likeness (QED) is 0.593. The minimum absolute atomic E-state index is 0.346. The van der Waals surface area contributed by atoms with Crippen molar-refractivity contribution in [3.63, 3.8) is 0 Å². The molecule has 0 bridgehead atoms. The summed E-state index contributed by atoms with van der Waals surface area (Å²) >= 11 is 3.34. The topological polar surface area (TPSA) is 44.3 Å². The number of nitrogens with one attached hydrogen (secondary N) is 2. The number of phenols is 1. The first-order valence-corrected chi connectivity index (χ1v) is 8.88. The Morgan fingerprint density at radius 1 is 1.00 bits per heavy atom. The van der Waals surface area contributed by atoms with Gasteiger partial charge in [0.05, 0.1) is 4.47 Å². The van der Waals surface area contributed by atoms with Crippen molar-refractivity contribution in [1.29, 1.82) is 0 Å². The second-order valence-corrected chi connectivity index (χ2v) is 6.77. The molecule has 0 unspecified atom stereocenters. The number of hydrogen-bond acceptors (Lipinski definition) is 3. The molecule has 3 nitrogen and oxygen atoms in total. The predicted molar refractivity (Wildman–Crippen MR) is 101 cm³/mol. The van der Waals surface area contributed by atoms with E-state index >= 15 is 0 Å². The fourth-order valence-corrected chi connectivity index (χ4v) is 2.96. The summed E-state index contributed by atoms with van der Waals surface area (Å²) in [4.78, 5) is 0. The van der Waals surface area contributed by atoms with Gasteiger partial charge in [0, 0.05) is 18.8 Å². The molecule has 0 radical (unpaired) electrons. The van der Waals surface area contributed by atoms with Crippen molar-refractivity contribution < 1.29 is 5.11 Å². The summed E-state index contributed by atoms with van der Waals surface area (Å²) < 4.78 is 0.752. The first kappa shape index (κ1) is 17.8. The Morgan fingerprint density at radius 3 is 2.57 bits per heavy atom. The number of aromatic hydroxyl groups is 1. The van der Waals surface area contributed by atoms with E-state index in [2.05, 4.69) is 64.7 Å². The molecule has 0 saturated heterocycles. The number of hydrogen-bond donors (Lipinski definition) is 3. The summed E-state index contributed by atoms with van der Waals surface area (Å²) in [5.41, 5.74) is 3.53. The van der Waals surface area contributed by atoms with Gasteiger partial charge in [0.1, 0.15) is 5.75 Å². The molecule has 0 aliphatic heterocycles. The van der Waals surface area contributed by atoms with Gasteiger partial charge in [-0.1, -0.05) is 44.2 Å². The van der Waals surface area contributed by atoms with Gasteiger partial charge in [0.2, 0.25) is 0 Å². The minimum Gasteiger partial charge on any atom is -0.506 e. The Balaban J connectivity index is 1.71. The number of rotatable bonds is 8. The van der Waals surface area contributed by atoms with E-state index in [0.29, 0.717) is 11.7 Å². The van der Waals surface area contributed by atoms with Crippen LogP contribution in [-0.4, -0.2) is 24.7 Å². The molecule has 0 aliphatic rings. The van der Waals surface area contributed by atoms with E-state index in [9.17, 15) is 5.11 Å². The third-order valence-corrected chi connectivity index (χ3v) is 4.48. The van der Waals surface area contributed by atoms with Crippen LogP contribution in [0.1, 0.15) is 30.9 Å². The zero-order chi connectivity index (χ0) is 16.7. The summed E-state index contributed by atoms with van der Waals surface area (Å²) in [6.45, 7) is 7.04. The minimum atomic E-state index is 0.346. The Morgan fingerprint density at radius 2 is 1.78 bits per heavy atom. The number of phenolic OH excluding ortho intramolecular Hbond substituents is 1. The fraction of sp³-hybridized carbons (Fsp3) is 0.368. The molecule has 2 aromatic rings. The molecule has 0 aliphatic carbocycles. The molecule has 2 rings (SSSR count). The molecule has 0 fully saturated rings. The van der Waals surface area contributed by atoms with Crippen molar-refractivity contribution >= 4 is 21.6 Å². The van der Waals surface area contributed by atoms with Crippen LogP contribution in [0.5, 0.6) is 5.75 Å². The summed E-state index contributed by atoms with van der Waals surface area (Å²) in [5, 5.41) is 16.8. The average Bonchev–Trinajstić information content (AvgIpc) is 2.54. The van der Waals surface area contributed by atoms with Gasteiger partial charge in [-0.15, -0.1) is 0 Å². The van der Waals surface area contributed by atoms with Gasteiger partial charge < -0.3 is 15.7 Å². The first-order valence-electron chi connectivity index (χ1n) is 8.09.